The molecule has 1 aliphatic rings. The van der Waals surface area contributed by atoms with Gasteiger partial charge in [0.25, 0.3) is 0 Å². The molecule has 0 bridgehead atoms. The summed E-state index contributed by atoms with van der Waals surface area (Å²) < 4.78 is 0. The molecule has 1 fully saturated rings. The molecule has 1 rings (SSSR count). The van der Waals surface area contributed by atoms with Crippen LogP contribution < -0.4 is 0 Å². The second kappa shape index (κ2) is 2.96. The molecule has 1 atom stereocenters. The van der Waals surface area contributed by atoms with E-state index < -0.39 is 0 Å². The van der Waals surface area contributed by atoms with E-state index in [1.54, 1.807) is 6.92 Å². The van der Waals surface area contributed by atoms with Gasteiger partial charge in [-0.15, -0.1) is 0 Å². The summed E-state index contributed by atoms with van der Waals surface area (Å²) in [6.45, 7) is 6.30. The zero-order valence-electron chi connectivity index (χ0n) is 7.81. The third kappa shape index (κ3) is 2.64. The van der Waals surface area contributed by atoms with Crippen LogP contribution in [0.15, 0.2) is 0 Å². The Morgan fingerprint density at radius 1 is 1.55 bits per heavy atom. The lowest BCUT2D eigenvalue weighted by atomic mass is 10.0. The van der Waals surface area contributed by atoms with E-state index in [9.17, 15) is 4.79 Å². The van der Waals surface area contributed by atoms with Gasteiger partial charge in [-0.05, 0) is 37.5 Å². The van der Waals surface area contributed by atoms with E-state index >= 15 is 0 Å². The zero-order chi connectivity index (χ0) is 8.48. The Labute approximate surface area is 69.2 Å². The van der Waals surface area contributed by atoms with Gasteiger partial charge in [0, 0.05) is 6.42 Å². The van der Waals surface area contributed by atoms with Crippen LogP contribution in [0, 0.1) is 11.3 Å². The fourth-order valence-electron chi connectivity index (χ4n) is 1.67. The molecule has 11 heavy (non-hydrogen) atoms. The van der Waals surface area contributed by atoms with Crippen LogP contribution in [-0.2, 0) is 4.79 Å². The summed E-state index contributed by atoms with van der Waals surface area (Å²) >= 11 is 0. The van der Waals surface area contributed by atoms with Crippen molar-refractivity contribution in [3.63, 3.8) is 0 Å². The molecule has 1 unspecified atom stereocenters. The summed E-state index contributed by atoms with van der Waals surface area (Å²) in [5, 5.41) is 0. The van der Waals surface area contributed by atoms with E-state index in [4.69, 9.17) is 0 Å². The summed E-state index contributed by atoms with van der Waals surface area (Å²) in [7, 11) is 0. The minimum Gasteiger partial charge on any atom is -0.300 e. The molecule has 1 heteroatoms. The number of carbonyl (C=O) groups excluding carboxylic acids is 1. The van der Waals surface area contributed by atoms with Gasteiger partial charge in [0.2, 0.25) is 0 Å². The first-order valence-electron chi connectivity index (χ1n) is 4.52. The lowest BCUT2D eigenvalue weighted by Gasteiger charge is -2.00. The van der Waals surface area contributed by atoms with Crippen LogP contribution in [0.3, 0.4) is 0 Å². The Kier molecular flexibility index (Phi) is 2.36. The van der Waals surface area contributed by atoms with E-state index in [-0.39, 0.29) is 0 Å². The van der Waals surface area contributed by atoms with E-state index in [1.165, 1.54) is 12.8 Å². The Morgan fingerprint density at radius 2 is 2.09 bits per heavy atom. The number of hydrogen-bond donors (Lipinski definition) is 0. The Morgan fingerprint density at radius 3 is 2.45 bits per heavy atom. The first kappa shape index (κ1) is 8.76. The van der Waals surface area contributed by atoms with Crippen molar-refractivity contribution in [1.82, 2.24) is 0 Å². The molecule has 1 saturated carbocycles. The maximum absolute atomic E-state index is 10.6. The first-order valence-corrected chi connectivity index (χ1v) is 4.52. The molecule has 0 heterocycles. The average molecular weight is 154 g/mol. The van der Waals surface area contributed by atoms with Crippen LogP contribution in [0.5, 0.6) is 0 Å². The third-order valence-electron chi connectivity index (χ3n) is 2.80. The van der Waals surface area contributed by atoms with Crippen LogP contribution in [0.4, 0.5) is 0 Å². The number of ketones is 1. The number of carbonyl (C=O) groups is 1. The maximum Gasteiger partial charge on any atom is 0.129 e. The van der Waals surface area contributed by atoms with Gasteiger partial charge in [-0.25, -0.2) is 0 Å². The second-order valence-electron chi connectivity index (χ2n) is 4.48. The molecular weight excluding hydrogens is 136 g/mol. The normalized spacial score (nSPS) is 26.6. The summed E-state index contributed by atoms with van der Waals surface area (Å²) in [4.78, 5) is 10.6. The van der Waals surface area contributed by atoms with Gasteiger partial charge in [-0.1, -0.05) is 13.8 Å². The summed E-state index contributed by atoms with van der Waals surface area (Å²) in [5.41, 5.74) is 0.594. The van der Waals surface area contributed by atoms with Crippen molar-refractivity contribution < 1.29 is 4.79 Å². The van der Waals surface area contributed by atoms with Crippen molar-refractivity contribution in [2.24, 2.45) is 11.3 Å². The molecule has 0 N–H and O–H groups in total. The van der Waals surface area contributed by atoms with Crippen LogP contribution >= 0.6 is 0 Å². The maximum atomic E-state index is 10.6. The molecule has 1 nitrogen and oxygen atoms in total. The molecule has 0 aromatic rings. The quantitative estimate of drug-likeness (QED) is 0.608. The Bertz CT molecular complexity index is 158. The number of rotatable bonds is 4. The molecule has 0 spiro atoms. The largest absolute Gasteiger partial charge is 0.300 e. The molecule has 0 radical (unpaired) electrons. The third-order valence-corrected chi connectivity index (χ3v) is 2.80. The van der Waals surface area contributed by atoms with Crippen molar-refractivity contribution in [1.29, 1.82) is 0 Å². The highest BCUT2D eigenvalue weighted by atomic mass is 16.1. The highest BCUT2D eigenvalue weighted by Gasteiger charge is 2.44. The van der Waals surface area contributed by atoms with Gasteiger partial charge < -0.3 is 4.79 Å². The molecule has 1 aliphatic carbocycles. The molecule has 0 aliphatic heterocycles. The first-order chi connectivity index (χ1) is 5.02. The smallest absolute Gasteiger partial charge is 0.129 e. The second-order valence-corrected chi connectivity index (χ2v) is 4.48. The van der Waals surface area contributed by atoms with Crippen molar-refractivity contribution in [3.05, 3.63) is 0 Å². The van der Waals surface area contributed by atoms with Crippen LogP contribution in [0.1, 0.15) is 46.5 Å². The van der Waals surface area contributed by atoms with Crippen LogP contribution in [0.2, 0.25) is 0 Å². The van der Waals surface area contributed by atoms with Crippen LogP contribution in [-0.4, -0.2) is 5.78 Å². The van der Waals surface area contributed by atoms with Gasteiger partial charge >= 0.3 is 0 Å². The van der Waals surface area contributed by atoms with E-state index in [2.05, 4.69) is 13.8 Å². The summed E-state index contributed by atoms with van der Waals surface area (Å²) in [6.07, 6.45) is 4.51. The monoisotopic (exact) mass is 154 g/mol. The van der Waals surface area contributed by atoms with Gasteiger partial charge in [0.1, 0.15) is 5.78 Å². The van der Waals surface area contributed by atoms with Gasteiger partial charge in [-0.3, -0.25) is 0 Å². The predicted octanol–water partition coefficient (Wildman–Crippen LogP) is 2.79. The molecule has 0 amide bonds. The van der Waals surface area contributed by atoms with Gasteiger partial charge in [0.05, 0.1) is 0 Å². The molecule has 64 valence electrons. The lowest BCUT2D eigenvalue weighted by molar-refractivity contribution is -0.117. The minimum atomic E-state index is 0.337. The van der Waals surface area contributed by atoms with E-state index in [0.29, 0.717) is 11.2 Å². The topological polar surface area (TPSA) is 17.1 Å². The fourth-order valence-corrected chi connectivity index (χ4v) is 1.67. The van der Waals surface area contributed by atoms with Crippen molar-refractivity contribution >= 4 is 5.78 Å². The lowest BCUT2D eigenvalue weighted by Crippen LogP contribution is -1.93. The molecule has 0 saturated heterocycles. The standard InChI is InChI=1S/C10H18O/c1-8(11)5-4-6-9-7-10(9,2)3/h9H,4-7H2,1-3H3. The van der Waals surface area contributed by atoms with Crippen molar-refractivity contribution in [3.8, 4) is 0 Å². The summed E-state index contributed by atoms with van der Waals surface area (Å²) in [6, 6.07) is 0. The highest BCUT2D eigenvalue weighted by Crippen LogP contribution is 2.54. The Hall–Kier alpha value is -0.330. The SMILES string of the molecule is CC(=O)CCCC1CC1(C)C. The van der Waals surface area contributed by atoms with Gasteiger partial charge in [-0.2, -0.15) is 0 Å². The molecule has 0 aromatic heterocycles. The Balaban J connectivity index is 2.02. The van der Waals surface area contributed by atoms with Crippen molar-refractivity contribution in [2.75, 3.05) is 0 Å². The summed E-state index contributed by atoms with van der Waals surface area (Å²) in [5.74, 6) is 1.24. The fraction of sp³-hybridized carbons (Fsp3) is 0.900. The molecular formula is C10H18O. The molecule has 0 aromatic carbocycles. The minimum absolute atomic E-state index is 0.337. The predicted molar refractivity (Wildman–Crippen MR) is 46.4 cm³/mol. The number of hydrogen-bond acceptors (Lipinski definition) is 1. The highest BCUT2D eigenvalue weighted by molar-refractivity contribution is 5.75. The number of Topliss-reactive ketones (excluding diaryl/α,β-unsaturated/α-hetero) is 1. The van der Waals surface area contributed by atoms with E-state index in [0.717, 1.165) is 18.8 Å². The zero-order valence-corrected chi connectivity index (χ0v) is 7.81. The van der Waals surface area contributed by atoms with E-state index in [1.807, 2.05) is 0 Å². The van der Waals surface area contributed by atoms with Crippen LogP contribution in [0.25, 0.3) is 0 Å². The average Bonchev–Trinajstić information content (AvgIpc) is 2.39. The van der Waals surface area contributed by atoms with Gasteiger partial charge in [0.15, 0.2) is 0 Å². The van der Waals surface area contributed by atoms with Crippen molar-refractivity contribution in [2.45, 2.75) is 46.5 Å².